The Morgan fingerprint density at radius 3 is 2.26 bits per heavy atom. The molecule has 0 saturated heterocycles. The summed E-state index contributed by atoms with van der Waals surface area (Å²) >= 11 is 0. The summed E-state index contributed by atoms with van der Waals surface area (Å²) in [6.07, 6.45) is 1.35. The van der Waals surface area contributed by atoms with Gasteiger partial charge in [0.05, 0.1) is 10.6 Å². The van der Waals surface area contributed by atoms with E-state index in [1.54, 1.807) is 0 Å². The minimum Gasteiger partial charge on any atom is -0.320 e. The molecule has 0 aliphatic rings. The normalized spacial score (nSPS) is 11.2. The van der Waals surface area contributed by atoms with E-state index in [4.69, 9.17) is 5.14 Å². The molecule has 27 heavy (non-hydrogen) atoms. The van der Waals surface area contributed by atoms with Crippen molar-refractivity contribution in [3.05, 3.63) is 82.5 Å². The number of nitrogens with one attached hydrogen (secondary N) is 1. The highest BCUT2D eigenvalue weighted by Gasteiger charge is 2.14. The number of primary sulfonamides is 1. The van der Waals surface area contributed by atoms with Crippen LogP contribution in [0, 0.1) is 5.82 Å². The van der Waals surface area contributed by atoms with Crippen LogP contribution in [0.5, 0.6) is 0 Å². The number of anilines is 1. The lowest BCUT2D eigenvalue weighted by atomic mass is 10.3. The van der Waals surface area contributed by atoms with Crippen molar-refractivity contribution in [3.63, 3.8) is 0 Å². The predicted octanol–water partition coefficient (Wildman–Crippen LogP) is 1.27. The Bertz CT molecular complexity index is 1160. The standard InChI is InChI=1S/C17H13FN4O4S/c18-11-1-5-13(6-2-11)22-10-9-15(23)16(21-22)17(24)20-12-3-7-14(8-4-12)27(19,25)26/h1-10H,(H,20,24)(H2,19,25,26). The molecule has 2 aromatic carbocycles. The van der Waals surface area contributed by atoms with Crippen LogP contribution >= 0.6 is 0 Å². The molecule has 0 saturated carbocycles. The molecule has 0 fully saturated rings. The average molecular weight is 388 g/mol. The minimum atomic E-state index is -3.85. The number of halogens is 1. The highest BCUT2D eigenvalue weighted by molar-refractivity contribution is 7.89. The Kier molecular flexibility index (Phi) is 4.84. The molecule has 3 rings (SSSR count). The fourth-order valence-corrected chi connectivity index (χ4v) is 2.74. The summed E-state index contributed by atoms with van der Waals surface area (Å²) in [7, 11) is -3.85. The van der Waals surface area contributed by atoms with Gasteiger partial charge < -0.3 is 5.32 Å². The highest BCUT2D eigenvalue weighted by Crippen LogP contribution is 2.13. The second-order valence-electron chi connectivity index (χ2n) is 5.47. The van der Waals surface area contributed by atoms with Gasteiger partial charge in [-0.2, -0.15) is 5.10 Å². The number of rotatable bonds is 4. The number of hydrogen-bond donors (Lipinski definition) is 2. The van der Waals surface area contributed by atoms with Crippen LogP contribution in [0.3, 0.4) is 0 Å². The van der Waals surface area contributed by atoms with Crippen molar-refractivity contribution in [2.75, 3.05) is 5.32 Å². The Balaban J connectivity index is 1.87. The van der Waals surface area contributed by atoms with Crippen LogP contribution in [0.25, 0.3) is 5.69 Å². The molecule has 8 nitrogen and oxygen atoms in total. The second kappa shape index (κ2) is 7.09. The molecular formula is C17H13FN4O4S. The van der Waals surface area contributed by atoms with E-state index in [1.807, 2.05) is 0 Å². The maximum absolute atomic E-state index is 13.0. The number of amides is 1. The zero-order valence-electron chi connectivity index (χ0n) is 13.7. The van der Waals surface area contributed by atoms with Crippen LogP contribution < -0.4 is 15.9 Å². The first kappa shape index (κ1) is 18.4. The lowest BCUT2D eigenvalue weighted by molar-refractivity contribution is 0.101. The van der Waals surface area contributed by atoms with Crippen LogP contribution in [-0.2, 0) is 10.0 Å². The number of aromatic nitrogens is 2. The van der Waals surface area contributed by atoms with Crippen LogP contribution in [-0.4, -0.2) is 24.1 Å². The van der Waals surface area contributed by atoms with Gasteiger partial charge in [-0.05, 0) is 48.5 Å². The number of nitrogens with two attached hydrogens (primary N) is 1. The molecule has 0 spiro atoms. The van der Waals surface area contributed by atoms with Crippen LogP contribution in [0.15, 0.2) is 70.5 Å². The van der Waals surface area contributed by atoms with Gasteiger partial charge in [0.1, 0.15) is 5.82 Å². The lowest BCUT2D eigenvalue weighted by Gasteiger charge is -2.08. The summed E-state index contributed by atoms with van der Waals surface area (Å²) < 4.78 is 36.8. The van der Waals surface area contributed by atoms with Gasteiger partial charge in [-0.3, -0.25) is 9.59 Å². The summed E-state index contributed by atoms with van der Waals surface area (Å²) in [6, 6.07) is 11.6. The van der Waals surface area contributed by atoms with Crippen LogP contribution in [0.2, 0.25) is 0 Å². The Morgan fingerprint density at radius 2 is 1.67 bits per heavy atom. The minimum absolute atomic E-state index is 0.114. The molecule has 3 aromatic rings. The largest absolute Gasteiger partial charge is 0.320 e. The smallest absolute Gasteiger partial charge is 0.280 e. The van der Waals surface area contributed by atoms with E-state index >= 15 is 0 Å². The molecule has 1 aromatic heterocycles. The van der Waals surface area contributed by atoms with E-state index in [0.29, 0.717) is 5.69 Å². The first-order valence-electron chi connectivity index (χ1n) is 7.54. The molecule has 10 heteroatoms. The Hall–Kier alpha value is -3.37. The molecule has 0 radical (unpaired) electrons. The number of benzene rings is 2. The monoisotopic (exact) mass is 388 g/mol. The van der Waals surface area contributed by atoms with Crippen molar-refractivity contribution < 1.29 is 17.6 Å². The highest BCUT2D eigenvalue weighted by atomic mass is 32.2. The van der Waals surface area contributed by atoms with E-state index in [-0.39, 0.29) is 16.3 Å². The number of carbonyl (C=O) groups is 1. The van der Waals surface area contributed by atoms with Crippen LogP contribution in [0.4, 0.5) is 10.1 Å². The van der Waals surface area contributed by atoms with Gasteiger partial charge >= 0.3 is 0 Å². The molecular weight excluding hydrogens is 375 g/mol. The summed E-state index contributed by atoms with van der Waals surface area (Å²) in [4.78, 5) is 24.2. The third-order valence-corrected chi connectivity index (χ3v) is 4.48. The van der Waals surface area contributed by atoms with Gasteiger partial charge in [0.25, 0.3) is 5.91 Å². The van der Waals surface area contributed by atoms with Gasteiger partial charge in [0.2, 0.25) is 15.5 Å². The molecule has 0 unspecified atom stereocenters. The number of carbonyl (C=O) groups excluding carboxylic acids is 1. The predicted molar refractivity (Wildman–Crippen MR) is 95.6 cm³/mol. The molecule has 138 valence electrons. The van der Waals surface area contributed by atoms with Crippen molar-refractivity contribution >= 4 is 21.6 Å². The van der Waals surface area contributed by atoms with Gasteiger partial charge in [-0.25, -0.2) is 22.6 Å². The van der Waals surface area contributed by atoms with E-state index in [2.05, 4.69) is 10.4 Å². The maximum atomic E-state index is 13.0. The summed E-state index contributed by atoms with van der Waals surface area (Å²) in [5, 5.41) is 11.4. The zero-order chi connectivity index (χ0) is 19.6. The first-order chi connectivity index (χ1) is 12.7. The molecule has 0 bridgehead atoms. The van der Waals surface area contributed by atoms with Gasteiger partial charge in [0.15, 0.2) is 5.69 Å². The molecule has 1 heterocycles. The van der Waals surface area contributed by atoms with E-state index in [1.165, 1.54) is 59.4 Å². The topological polar surface area (TPSA) is 124 Å². The number of nitrogens with zero attached hydrogens (tertiary/aromatic N) is 2. The molecule has 0 aliphatic heterocycles. The summed E-state index contributed by atoms with van der Waals surface area (Å²) in [6.45, 7) is 0. The van der Waals surface area contributed by atoms with Crippen molar-refractivity contribution in [2.45, 2.75) is 4.90 Å². The fourth-order valence-electron chi connectivity index (χ4n) is 2.22. The maximum Gasteiger partial charge on any atom is 0.280 e. The molecule has 1 amide bonds. The average Bonchev–Trinajstić information content (AvgIpc) is 2.62. The van der Waals surface area contributed by atoms with Crippen molar-refractivity contribution in [1.82, 2.24) is 9.78 Å². The number of hydrogen-bond acceptors (Lipinski definition) is 5. The molecule has 3 N–H and O–H groups in total. The molecule has 0 atom stereocenters. The fraction of sp³-hybridized carbons (Fsp3) is 0. The zero-order valence-corrected chi connectivity index (χ0v) is 14.5. The molecule has 0 aliphatic carbocycles. The number of sulfonamides is 1. The Morgan fingerprint density at radius 1 is 1.04 bits per heavy atom. The van der Waals surface area contributed by atoms with Gasteiger partial charge in [-0.1, -0.05) is 0 Å². The van der Waals surface area contributed by atoms with E-state index in [0.717, 1.165) is 6.07 Å². The lowest BCUT2D eigenvalue weighted by Crippen LogP contribution is -2.25. The quantitative estimate of drug-likeness (QED) is 0.696. The second-order valence-corrected chi connectivity index (χ2v) is 7.03. The van der Waals surface area contributed by atoms with Crippen molar-refractivity contribution in [3.8, 4) is 5.69 Å². The van der Waals surface area contributed by atoms with Crippen LogP contribution in [0.1, 0.15) is 10.5 Å². The van der Waals surface area contributed by atoms with E-state index < -0.39 is 27.2 Å². The first-order valence-corrected chi connectivity index (χ1v) is 9.09. The van der Waals surface area contributed by atoms with E-state index in [9.17, 15) is 22.4 Å². The summed E-state index contributed by atoms with van der Waals surface area (Å²) in [5.74, 6) is -1.21. The third kappa shape index (κ3) is 4.25. The Labute approximate surface area is 153 Å². The van der Waals surface area contributed by atoms with Gasteiger partial charge in [0, 0.05) is 18.0 Å². The van der Waals surface area contributed by atoms with Gasteiger partial charge in [-0.15, -0.1) is 0 Å². The third-order valence-electron chi connectivity index (χ3n) is 3.56. The van der Waals surface area contributed by atoms with Crippen molar-refractivity contribution in [1.29, 1.82) is 0 Å². The summed E-state index contributed by atoms with van der Waals surface area (Å²) in [5.41, 5.74) is -0.266. The SMILES string of the molecule is NS(=O)(=O)c1ccc(NC(=O)c2nn(-c3ccc(F)cc3)ccc2=O)cc1. The van der Waals surface area contributed by atoms with Crippen molar-refractivity contribution in [2.24, 2.45) is 5.14 Å².